The largest absolute Gasteiger partial charge is 0.386 e. The predicted molar refractivity (Wildman–Crippen MR) is 100 cm³/mol. The number of halogens is 2. The van der Waals surface area contributed by atoms with Crippen LogP contribution in [-0.4, -0.2) is 42.6 Å². The van der Waals surface area contributed by atoms with E-state index in [4.69, 9.17) is 0 Å². The molecule has 2 N–H and O–H groups in total. The van der Waals surface area contributed by atoms with Crippen molar-refractivity contribution >= 4 is 29.9 Å². The number of aliphatic hydroxyl groups is 1. The molecular formula is C16H27FIN3O. The van der Waals surface area contributed by atoms with Crippen LogP contribution in [0.25, 0.3) is 0 Å². The van der Waals surface area contributed by atoms with Gasteiger partial charge in [0, 0.05) is 20.1 Å². The molecule has 1 unspecified atom stereocenters. The first-order chi connectivity index (χ1) is 10.1. The summed E-state index contributed by atoms with van der Waals surface area (Å²) in [5.41, 5.74) is 0.673. The zero-order valence-corrected chi connectivity index (χ0v) is 15.9. The lowest BCUT2D eigenvalue weighted by atomic mass is 10.1. The van der Waals surface area contributed by atoms with Crippen LogP contribution in [0, 0.1) is 5.82 Å². The summed E-state index contributed by atoms with van der Waals surface area (Å²) in [5, 5.41) is 13.3. The Morgan fingerprint density at radius 1 is 1.32 bits per heavy atom. The van der Waals surface area contributed by atoms with E-state index in [9.17, 15) is 9.50 Å². The minimum absolute atomic E-state index is 0. The van der Waals surface area contributed by atoms with Crippen molar-refractivity contribution in [1.82, 2.24) is 10.2 Å². The molecule has 0 aliphatic heterocycles. The number of nitrogens with zero attached hydrogens (tertiary/aromatic N) is 2. The second-order valence-corrected chi connectivity index (χ2v) is 5.04. The molecule has 0 aliphatic carbocycles. The van der Waals surface area contributed by atoms with Crippen molar-refractivity contribution in [1.29, 1.82) is 0 Å². The number of benzene rings is 1. The maximum atomic E-state index is 12.9. The van der Waals surface area contributed by atoms with Crippen LogP contribution in [-0.2, 0) is 0 Å². The summed E-state index contributed by atoms with van der Waals surface area (Å²) in [4.78, 5) is 6.51. The topological polar surface area (TPSA) is 47.9 Å². The Morgan fingerprint density at radius 2 is 1.95 bits per heavy atom. The number of hydrogen-bond donors (Lipinski definition) is 2. The summed E-state index contributed by atoms with van der Waals surface area (Å²) in [7, 11) is 1.99. The molecule has 0 spiro atoms. The second kappa shape index (κ2) is 11.6. The van der Waals surface area contributed by atoms with Crippen LogP contribution in [0.5, 0.6) is 0 Å². The fraction of sp³-hybridized carbons (Fsp3) is 0.562. The maximum Gasteiger partial charge on any atom is 0.193 e. The molecule has 0 aromatic heterocycles. The molecule has 0 heterocycles. The van der Waals surface area contributed by atoms with Gasteiger partial charge in [0.2, 0.25) is 0 Å². The number of nitrogens with one attached hydrogen (secondary N) is 1. The number of aliphatic imine (C=N–C) groups is 1. The standard InChI is InChI=1S/C16H26FN3O.HI/c1-4-6-11-20(3)16(18-5-2)19-12-15(21)13-7-9-14(17)10-8-13;/h7-10,15,21H,4-6,11-12H2,1-3H3,(H,18,19);1H. The molecule has 22 heavy (non-hydrogen) atoms. The smallest absolute Gasteiger partial charge is 0.193 e. The zero-order valence-electron chi connectivity index (χ0n) is 13.6. The molecule has 0 amide bonds. The number of unbranched alkanes of at least 4 members (excludes halogenated alkanes) is 1. The summed E-state index contributed by atoms with van der Waals surface area (Å²) in [6.07, 6.45) is 1.50. The number of aliphatic hydroxyl groups excluding tert-OH is 1. The lowest BCUT2D eigenvalue weighted by molar-refractivity contribution is 0.186. The van der Waals surface area contributed by atoms with Crippen LogP contribution in [0.4, 0.5) is 4.39 Å². The monoisotopic (exact) mass is 423 g/mol. The summed E-state index contributed by atoms with van der Waals surface area (Å²) in [6.45, 7) is 6.12. The summed E-state index contributed by atoms with van der Waals surface area (Å²) < 4.78 is 12.9. The molecule has 4 nitrogen and oxygen atoms in total. The van der Waals surface area contributed by atoms with Crippen LogP contribution >= 0.6 is 24.0 Å². The highest BCUT2D eigenvalue weighted by molar-refractivity contribution is 14.0. The van der Waals surface area contributed by atoms with Crippen molar-refractivity contribution in [3.05, 3.63) is 35.6 Å². The van der Waals surface area contributed by atoms with Gasteiger partial charge in [0.25, 0.3) is 0 Å². The molecule has 1 aromatic carbocycles. The van der Waals surface area contributed by atoms with E-state index < -0.39 is 6.10 Å². The first-order valence-corrected chi connectivity index (χ1v) is 7.51. The van der Waals surface area contributed by atoms with E-state index in [0.29, 0.717) is 5.56 Å². The molecule has 0 radical (unpaired) electrons. The Balaban J connectivity index is 0.00000441. The second-order valence-electron chi connectivity index (χ2n) is 5.04. The molecule has 0 saturated carbocycles. The summed E-state index contributed by atoms with van der Waals surface area (Å²) >= 11 is 0. The zero-order chi connectivity index (χ0) is 15.7. The molecule has 6 heteroatoms. The molecule has 0 fully saturated rings. The highest BCUT2D eigenvalue weighted by Gasteiger charge is 2.09. The molecule has 1 aromatic rings. The molecule has 0 bridgehead atoms. The fourth-order valence-corrected chi connectivity index (χ4v) is 1.93. The van der Waals surface area contributed by atoms with E-state index >= 15 is 0 Å². The lowest BCUT2D eigenvalue weighted by Gasteiger charge is -2.22. The van der Waals surface area contributed by atoms with Gasteiger partial charge in [-0.05, 0) is 31.0 Å². The lowest BCUT2D eigenvalue weighted by Crippen LogP contribution is -2.39. The Kier molecular flexibility index (Phi) is 11.2. The van der Waals surface area contributed by atoms with Gasteiger partial charge in [0.15, 0.2) is 5.96 Å². The van der Waals surface area contributed by atoms with E-state index in [-0.39, 0.29) is 36.3 Å². The maximum absolute atomic E-state index is 12.9. The Labute approximate surface area is 149 Å². The normalized spacial score (nSPS) is 12.5. The van der Waals surface area contributed by atoms with Gasteiger partial charge in [-0.25, -0.2) is 4.39 Å². The van der Waals surface area contributed by atoms with Crippen LogP contribution in [0.3, 0.4) is 0 Å². The SMILES string of the molecule is CCCCN(C)C(=NCC(O)c1ccc(F)cc1)NCC.I. The molecule has 126 valence electrons. The van der Waals surface area contributed by atoms with E-state index in [2.05, 4.69) is 22.1 Å². The van der Waals surface area contributed by atoms with Crippen molar-refractivity contribution in [2.45, 2.75) is 32.8 Å². The summed E-state index contributed by atoms with van der Waals surface area (Å²) in [5.74, 6) is 0.481. The van der Waals surface area contributed by atoms with Gasteiger partial charge in [-0.3, -0.25) is 4.99 Å². The van der Waals surface area contributed by atoms with Gasteiger partial charge < -0.3 is 15.3 Å². The fourth-order valence-electron chi connectivity index (χ4n) is 1.93. The molecule has 1 rings (SSSR count). The number of rotatable bonds is 7. The Morgan fingerprint density at radius 3 is 2.50 bits per heavy atom. The highest BCUT2D eigenvalue weighted by Crippen LogP contribution is 2.13. The molecule has 1 atom stereocenters. The van der Waals surface area contributed by atoms with Crippen LogP contribution in [0.1, 0.15) is 38.4 Å². The van der Waals surface area contributed by atoms with E-state index in [1.165, 1.54) is 12.1 Å². The van der Waals surface area contributed by atoms with E-state index in [1.807, 2.05) is 14.0 Å². The Hall–Kier alpha value is -0.890. The van der Waals surface area contributed by atoms with Crippen LogP contribution in [0.15, 0.2) is 29.3 Å². The van der Waals surface area contributed by atoms with Gasteiger partial charge in [-0.2, -0.15) is 0 Å². The number of hydrogen-bond acceptors (Lipinski definition) is 2. The average Bonchev–Trinajstić information content (AvgIpc) is 2.49. The van der Waals surface area contributed by atoms with Gasteiger partial charge in [0.1, 0.15) is 5.82 Å². The minimum Gasteiger partial charge on any atom is -0.386 e. The van der Waals surface area contributed by atoms with Crippen molar-refractivity contribution in [2.75, 3.05) is 26.7 Å². The average molecular weight is 423 g/mol. The highest BCUT2D eigenvalue weighted by atomic mass is 127. The molecule has 0 aliphatic rings. The van der Waals surface area contributed by atoms with Gasteiger partial charge >= 0.3 is 0 Å². The van der Waals surface area contributed by atoms with Crippen molar-refractivity contribution in [2.24, 2.45) is 4.99 Å². The first kappa shape index (κ1) is 21.1. The third-order valence-electron chi connectivity index (χ3n) is 3.21. The first-order valence-electron chi connectivity index (χ1n) is 7.51. The van der Waals surface area contributed by atoms with Crippen LogP contribution < -0.4 is 5.32 Å². The molecule has 0 saturated heterocycles. The number of guanidine groups is 1. The molecular weight excluding hydrogens is 396 g/mol. The van der Waals surface area contributed by atoms with Crippen molar-refractivity contribution in [3.8, 4) is 0 Å². The Bertz CT molecular complexity index is 440. The third-order valence-corrected chi connectivity index (χ3v) is 3.21. The van der Waals surface area contributed by atoms with Crippen LogP contribution in [0.2, 0.25) is 0 Å². The van der Waals surface area contributed by atoms with Gasteiger partial charge in [-0.15, -0.1) is 24.0 Å². The van der Waals surface area contributed by atoms with Crippen molar-refractivity contribution < 1.29 is 9.50 Å². The van der Waals surface area contributed by atoms with Crippen molar-refractivity contribution in [3.63, 3.8) is 0 Å². The van der Waals surface area contributed by atoms with Gasteiger partial charge in [-0.1, -0.05) is 25.5 Å². The summed E-state index contributed by atoms with van der Waals surface area (Å²) in [6, 6.07) is 5.87. The predicted octanol–water partition coefficient (Wildman–Crippen LogP) is 3.17. The third kappa shape index (κ3) is 7.40. The van der Waals surface area contributed by atoms with E-state index in [0.717, 1.165) is 31.9 Å². The quantitative estimate of drug-likeness (QED) is 0.403. The van der Waals surface area contributed by atoms with Gasteiger partial charge in [0.05, 0.1) is 12.6 Å². The van der Waals surface area contributed by atoms with E-state index in [1.54, 1.807) is 12.1 Å². The minimum atomic E-state index is -0.723.